The summed E-state index contributed by atoms with van der Waals surface area (Å²) in [5.74, 6) is 0.260. The van der Waals surface area contributed by atoms with Crippen LogP contribution >= 0.6 is 0 Å². The van der Waals surface area contributed by atoms with Crippen LogP contribution < -0.4 is 5.73 Å². The first-order valence-electron chi connectivity index (χ1n) is 6.41. The maximum Gasteiger partial charge on any atom is 0.222 e. The molecular formula is C13H21N3O. The highest BCUT2D eigenvalue weighted by Gasteiger charge is 2.20. The number of hydrogen-bond donors (Lipinski definition) is 2. The molecule has 17 heavy (non-hydrogen) atoms. The number of amides is 1. The number of piperidine rings is 1. The molecule has 4 nitrogen and oxygen atoms in total. The summed E-state index contributed by atoms with van der Waals surface area (Å²) >= 11 is 0. The Morgan fingerprint density at radius 3 is 3.18 bits per heavy atom. The molecule has 0 saturated carbocycles. The van der Waals surface area contributed by atoms with Crippen LogP contribution in [0.5, 0.6) is 0 Å². The zero-order valence-electron chi connectivity index (χ0n) is 10.2. The molecule has 4 heteroatoms. The van der Waals surface area contributed by atoms with Crippen LogP contribution in [0.3, 0.4) is 0 Å². The van der Waals surface area contributed by atoms with Gasteiger partial charge >= 0.3 is 0 Å². The molecule has 1 aromatic rings. The molecule has 3 N–H and O–H groups in total. The van der Waals surface area contributed by atoms with Crippen LogP contribution in [-0.4, -0.2) is 34.9 Å². The van der Waals surface area contributed by atoms with Gasteiger partial charge in [-0.15, -0.1) is 0 Å². The summed E-state index contributed by atoms with van der Waals surface area (Å²) in [7, 11) is 0. The SMILES string of the molecule is NC1CCCN(C(=O)CCCc2cc[nH]c2)C1. The molecule has 94 valence electrons. The van der Waals surface area contributed by atoms with E-state index in [1.54, 1.807) is 0 Å². The van der Waals surface area contributed by atoms with Gasteiger partial charge in [-0.3, -0.25) is 4.79 Å². The van der Waals surface area contributed by atoms with Crippen molar-refractivity contribution in [1.82, 2.24) is 9.88 Å². The van der Waals surface area contributed by atoms with Gasteiger partial charge in [-0.05, 0) is 37.3 Å². The second kappa shape index (κ2) is 5.87. The molecule has 0 radical (unpaired) electrons. The van der Waals surface area contributed by atoms with Crippen molar-refractivity contribution in [2.75, 3.05) is 13.1 Å². The van der Waals surface area contributed by atoms with Gasteiger partial charge in [-0.1, -0.05) is 0 Å². The van der Waals surface area contributed by atoms with Crippen LogP contribution in [0.15, 0.2) is 18.5 Å². The molecule has 0 aromatic carbocycles. The minimum Gasteiger partial charge on any atom is -0.367 e. The fraction of sp³-hybridized carbons (Fsp3) is 0.615. The second-order valence-corrected chi connectivity index (χ2v) is 4.81. The lowest BCUT2D eigenvalue weighted by Crippen LogP contribution is -2.45. The molecule has 2 heterocycles. The van der Waals surface area contributed by atoms with Crippen molar-refractivity contribution in [3.63, 3.8) is 0 Å². The molecule has 1 aromatic heterocycles. The van der Waals surface area contributed by atoms with E-state index >= 15 is 0 Å². The Bertz CT molecular complexity index is 348. The molecule has 1 amide bonds. The van der Waals surface area contributed by atoms with Crippen LogP contribution in [0.25, 0.3) is 0 Å². The molecule has 0 bridgehead atoms. The predicted molar refractivity (Wildman–Crippen MR) is 67.5 cm³/mol. The Kier molecular flexibility index (Phi) is 4.20. The van der Waals surface area contributed by atoms with Crippen molar-refractivity contribution in [3.8, 4) is 0 Å². The summed E-state index contributed by atoms with van der Waals surface area (Å²) in [6.07, 6.45) is 8.52. The molecular weight excluding hydrogens is 214 g/mol. The molecule has 1 fully saturated rings. The summed E-state index contributed by atoms with van der Waals surface area (Å²) in [6.45, 7) is 1.62. The topological polar surface area (TPSA) is 62.1 Å². The molecule has 1 saturated heterocycles. The third-order valence-electron chi connectivity index (χ3n) is 3.33. The Morgan fingerprint density at radius 1 is 1.59 bits per heavy atom. The van der Waals surface area contributed by atoms with Gasteiger partial charge < -0.3 is 15.6 Å². The lowest BCUT2D eigenvalue weighted by atomic mass is 10.1. The van der Waals surface area contributed by atoms with E-state index in [0.717, 1.165) is 38.8 Å². The van der Waals surface area contributed by atoms with E-state index < -0.39 is 0 Å². The molecule has 0 spiro atoms. The number of nitrogens with zero attached hydrogens (tertiary/aromatic N) is 1. The first-order valence-corrected chi connectivity index (χ1v) is 6.41. The van der Waals surface area contributed by atoms with Gasteiger partial charge in [0, 0.05) is 37.9 Å². The number of nitrogens with two attached hydrogens (primary N) is 1. The smallest absolute Gasteiger partial charge is 0.222 e. The van der Waals surface area contributed by atoms with E-state index in [9.17, 15) is 4.79 Å². The number of rotatable bonds is 4. The van der Waals surface area contributed by atoms with Crippen molar-refractivity contribution in [2.45, 2.75) is 38.1 Å². The van der Waals surface area contributed by atoms with Gasteiger partial charge in [0.1, 0.15) is 0 Å². The zero-order valence-corrected chi connectivity index (χ0v) is 10.2. The molecule has 1 aliphatic rings. The number of aryl methyl sites for hydroxylation is 1. The fourth-order valence-electron chi connectivity index (χ4n) is 2.35. The standard InChI is InChI=1S/C13H21N3O/c14-12-4-2-8-16(10-12)13(17)5-1-3-11-6-7-15-9-11/h6-7,9,12,15H,1-5,8,10,14H2. The summed E-state index contributed by atoms with van der Waals surface area (Å²) in [5.41, 5.74) is 7.14. The highest BCUT2D eigenvalue weighted by molar-refractivity contribution is 5.76. The maximum atomic E-state index is 11.9. The largest absolute Gasteiger partial charge is 0.367 e. The third kappa shape index (κ3) is 3.60. The van der Waals surface area contributed by atoms with Crippen molar-refractivity contribution >= 4 is 5.91 Å². The summed E-state index contributed by atoms with van der Waals surface area (Å²) in [4.78, 5) is 16.9. The normalized spacial score (nSPS) is 20.5. The average molecular weight is 235 g/mol. The number of aromatic amines is 1. The van der Waals surface area contributed by atoms with E-state index in [4.69, 9.17) is 5.73 Å². The predicted octanol–water partition coefficient (Wildman–Crippen LogP) is 1.29. The quantitative estimate of drug-likeness (QED) is 0.826. The minimum atomic E-state index is 0.178. The van der Waals surface area contributed by atoms with Crippen molar-refractivity contribution in [1.29, 1.82) is 0 Å². The highest BCUT2D eigenvalue weighted by Crippen LogP contribution is 2.11. The molecule has 1 atom stereocenters. The molecule has 2 rings (SSSR count). The second-order valence-electron chi connectivity index (χ2n) is 4.81. The lowest BCUT2D eigenvalue weighted by molar-refractivity contribution is -0.132. The molecule has 0 aliphatic carbocycles. The van der Waals surface area contributed by atoms with E-state index in [1.807, 2.05) is 17.3 Å². The first-order chi connectivity index (χ1) is 8.25. The van der Waals surface area contributed by atoms with Gasteiger partial charge in [0.25, 0.3) is 0 Å². The number of hydrogen-bond acceptors (Lipinski definition) is 2. The van der Waals surface area contributed by atoms with Gasteiger partial charge in [0.05, 0.1) is 0 Å². The Labute approximate surface area is 102 Å². The van der Waals surface area contributed by atoms with Crippen LogP contribution in [0.4, 0.5) is 0 Å². The summed E-state index contributed by atoms with van der Waals surface area (Å²) in [5, 5.41) is 0. The number of carbonyl (C=O) groups is 1. The molecule has 1 unspecified atom stereocenters. The summed E-state index contributed by atoms with van der Waals surface area (Å²) < 4.78 is 0. The van der Waals surface area contributed by atoms with E-state index in [-0.39, 0.29) is 11.9 Å². The number of H-pyrrole nitrogens is 1. The van der Waals surface area contributed by atoms with Gasteiger partial charge in [-0.25, -0.2) is 0 Å². The van der Waals surface area contributed by atoms with Crippen LogP contribution in [-0.2, 0) is 11.2 Å². The Balaban J connectivity index is 1.70. The monoisotopic (exact) mass is 235 g/mol. The van der Waals surface area contributed by atoms with E-state index in [2.05, 4.69) is 11.1 Å². The van der Waals surface area contributed by atoms with Gasteiger partial charge in [0.2, 0.25) is 5.91 Å². The Morgan fingerprint density at radius 2 is 2.47 bits per heavy atom. The van der Waals surface area contributed by atoms with Crippen LogP contribution in [0.1, 0.15) is 31.2 Å². The van der Waals surface area contributed by atoms with Crippen molar-refractivity contribution in [2.24, 2.45) is 5.73 Å². The van der Waals surface area contributed by atoms with Gasteiger partial charge in [-0.2, -0.15) is 0 Å². The Hall–Kier alpha value is -1.29. The number of nitrogens with one attached hydrogen (secondary N) is 1. The first kappa shape index (κ1) is 12.2. The zero-order chi connectivity index (χ0) is 12.1. The number of carbonyl (C=O) groups excluding carboxylic acids is 1. The highest BCUT2D eigenvalue weighted by atomic mass is 16.2. The maximum absolute atomic E-state index is 11.9. The minimum absolute atomic E-state index is 0.178. The fourth-order valence-corrected chi connectivity index (χ4v) is 2.35. The third-order valence-corrected chi connectivity index (χ3v) is 3.33. The summed E-state index contributed by atoms with van der Waals surface area (Å²) in [6, 6.07) is 2.23. The molecule has 1 aliphatic heterocycles. The number of likely N-dealkylation sites (tertiary alicyclic amines) is 1. The van der Waals surface area contributed by atoms with Crippen LogP contribution in [0, 0.1) is 0 Å². The van der Waals surface area contributed by atoms with Crippen molar-refractivity contribution < 1.29 is 4.79 Å². The van der Waals surface area contributed by atoms with Gasteiger partial charge in [0.15, 0.2) is 0 Å². The van der Waals surface area contributed by atoms with Crippen LogP contribution in [0.2, 0.25) is 0 Å². The van der Waals surface area contributed by atoms with E-state index in [0.29, 0.717) is 6.42 Å². The lowest BCUT2D eigenvalue weighted by Gasteiger charge is -2.30. The van der Waals surface area contributed by atoms with Crippen molar-refractivity contribution in [3.05, 3.63) is 24.0 Å². The average Bonchev–Trinajstić information content (AvgIpc) is 2.82. The van der Waals surface area contributed by atoms with E-state index in [1.165, 1.54) is 5.56 Å². The number of aromatic nitrogens is 1.